The second kappa shape index (κ2) is 8.36. The van der Waals surface area contributed by atoms with Gasteiger partial charge in [0.25, 0.3) is 15.9 Å². The van der Waals surface area contributed by atoms with E-state index >= 15 is 0 Å². The first-order valence-electron chi connectivity index (χ1n) is 9.02. The lowest BCUT2D eigenvalue weighted by Crippen LogP contribution is -2.48. The Hall–Kier alpha value is -2.69. The van der Waals surface area contributed by atoms with Crippen molar-refractivity contribution in [3.8, 4) is 5.75 Å². The number of rotatable bonds is 7. The Bertz CT molecular complexity index is 1020. The molecule has 156 valence electrons. The van der Waals surface area contributed by atoms with Gasteiger partial charge in [0.1, 0.15) is 5.75 Å². The van der Waals surface area contributed by atoms with Gasteiger partial charge in [0.15, 0.2) is 11.5 Å². The Balaban J connectivity index is 1.68. The van der Waals surface area contributed by atoms with Crippen molar-refractivity contribution in [3.05, 3.63) is 47.2 Å². The molecule has 0 aliphatic carbocycles. The maximum absolute atomic E-state index is 12.7. The van der Waals surface area contributed by atoms with E-state index in [-0.39, 0.29) is 29.7 Å². The Morgan fingerprint density at radius 1 is 1.14 bits per heavy atom. The molecule has 1 fully saturated rings. The number of hydrogen-bond donors (Lipinski definition) is 1. The third kappa shape index (κ3) is 4.50. The number of ketones is 1. The number of Topliss-reactive ketones (excluding diaryl/α,β-unsaturated/α-hetero) is 1. The Kier molecular flexibility index (Phi) is 6.06. The molecule has 2 heterocycles. The molecular formula is C19H23N3O6S. The van der Waals surface area contributed by atoms with Crippen molar-refractivity contribution in [1.82, 2.24) is 9.21 Å². The van der Waals surface area contributed by atoms with Crippen LogP contribution in [0.25, 0.3) is 0 Å². The van der Waals surface area contributed by atoms with Gasteiger partial charge in [-0.2, -0.15) is 4.31 Å². The van der Waals surface area contributed by atoms with Crippen molar-refractivity contribution in [2.45, 2.75) is 18.6 Å². The predicted molar refractivity (Wildman–Crippen MR) is 104 cm³/mol. The molecule has 1 amide bonds. The molecular weight excluding hydrogens is 398 g/mol. The van der Waals surface area contributed by atoms with Crippen LogP contribution in [0, 0.1) is 0 Å². The topological polar surface area (TPSA) is 123 Å². The molecule has 0 unspecified atom stereocenters. The summed E-state index contributed by atoms with van der Waals surface area (Å²) in [7, 11) is -2.27. The fraction of sp³-hybridized carbons (Fsp3) is 0.368. The molecule has 1 saturated heterocycles. The van der Waals surface area contributed by atoms with Gasteiger partial charge in [-0.1, -0.05) is 0 Å². The highest BCUT2D eigenvalue weighted by molar-refractivity contribution is 7.89. The SMILES string of the molecule is COc1ccc(C(C)=O)cc1CN1CCN(S(=O)(=O)c2ccc(C(N)=O)o2)CC1. The molecule has 0 spiro atoms. The molecule has 0 bridgehead atoms. The maximum Gasteiger partial charge on any atom is 0.284 e. The van der Waals surface area contributed by atoms with Gasteiger partial charge in [-0.05, 0) is 37.3 Å². The van der Waals surface area contributed by atoms with Crippen LogP contribution in [0.3, 0.4) is 0 Å². The molecule has 1 aromatic heterocycles. The number of nitrogens with zero attached hydrogens (tertiary/aromatic N) is 2. The monoisotopic (exact) mass is 421 g/mol. The number of benzene rings is 1. The van der Waals surface area contributed by atoms with Crippen molar-refractivity contribution in [1.29, 1.82) is 0 Å². The van der Waals surface area contributed by atoms with Gasteiger partial charge in [-0.3, -0.25) is 14.5 Å². The van der Waals surface area contributed by atoms with Gasteiger partial charge < -0.3 is 14.9 Å². The van der Waals surface area contributed by atoms with Gasteiger partial charge in [0.05, 0.1) is 7.11 Å². The largest absolute Gasteiger partial charge is 0.496 e. The van der Waals surface area contributed by atoms with Crippen molar-refractivity contribution in [3.63, 3.8) is 0 Å². The molecule has 1 aromatic carbocycles. The van der Waals surface area contributed by atoms with Crippen molar-refractivity contribution >= 4 is 21.7 Å². The van der Waals surface area contributed by atoms with E-state index in [1.807, 2.05) is 0 Å². The second-order valence-corrected chi connectivity index (χ2v) is 8.61. The summed E-state index contributed by atoms with van der Waals surface area (Å²) in [6, 6.07) is 7.77. The third-order valence-electron chi connectivity index (χ3n) is 4.83. The van der Waals surface area contributed by atoms with Crippen molar-refractivity contribution in [2.24, 2.45) is 5.73 Å². The molecule has 10 heteroatoms. The van der Waals surface area contributed by atoms with Crippen LogP contribution in [0.1, 0.15) is 33.4 Å². The molecule has 0 atom stereocenters. The van der Waals surface area contributed by atoms with E-state index in [9.17, 15) is 18.0 Å². The highest BCUT2D eigenvalue weighted by atomic mass is 32.2. The van der Waals surface area contributed by atoms with Gasteiger partial charge in [0.2, 0.25) is 5.09 Å². The van der Waals surface area contributed by atoms with E-state index < -0.39 is 15.9 Å². The standard InChI is InChI=1S/C19H23N3O6S/c1-13(23)14-3-4-16(27-2)15(11-14)12-21-7-9-22(10-8-21)29(25,26)18-6-5-17(28-18)19(20)24/h3-6,11H,7-10,12H2,1-2H3,(H2,20,24). The Morgan fingerprint density at radius 2 is 1.83 bits per heavy atom. The molecule has 0 saturated carbocycles. The second-order valence-electron chi connectivity index (χ2n) is 6.75. The zero-order valence-electron chi connectivity index (χ0n) is 16.3. The Morgan fingerprint density at radius 3 is 2.38 bits per heavy atom. The van der Waals surface area contributed by atoms with Crippen LogP contribution in [0.15, 0.2) is 39.8 Å². The number of nitrogens with two attached hydrogens (primary N) is 1. The summed E-state index contributed by atoms with van der Waals surface area (Å²) in [4.78, 5) is 24.9. The first-order valence-corrected chi connectivity index (χ1v) is 10.5. The lowest BCUT2D eigenvalue weighted by molar-refractivity contribution is 0.0966. The lowest BCUT2D eigenvalue weighted by Gasteiger charge is -2.33. The number of sulfonamides is 1. The molecule has 2 aromatic rings. The van der Waals surface area contributed by atoms with Crippen LogP contribution in [0.5, 0.6) is 5.75 Å². The summed E-state index contributed by atoms with van der Waals surface area (Å²) in [6.45, 7) is 3.57. The fourth-order valence-electron chi connectivity index (χ4n) is 3.21. The van der Waals surface area contributed by atoms with Gasteiger partial charge in [-0.15, -0.1) is 0 Å². The molecule has 9 nitrogen and oxygen atoms in total. The number of piperazine rings is 1. The van der Waals surface area contributed by atoms with E-state index in [2.05, 4.69) is 4.90 Å². The molecule has 29 heavy (non-hydrogen) atoms. The number of amides is 1. The van der Waals surface area contributed by atoms with E-state index in [1.165, 1.54) is 23.4 Å². The average Bonchev–Trinajstić information content (AvgIpc) is 3.20. The van der Waals surface area contributed by atoms with Crippen LogP contribution < -0.4 is 10.5 Å². The average molecular weight is 421 g/mol. The van der Waals surface area contributed by atoms with Crippen molar-refractivity contribution in [2.75, 3.05) is 33.3 Å². The first-order chi connectivity index (χ1) is 13.7. The highest BCUT2D eigenvalue weighted by Crippen LogP contribution is 2.24. The summed E-state index contributed by atoms with van der Waals surface area (Å²) in [5, 5.41) is -0.296. The van der Waals surface area contributed by atoms with Crippen LogP contribution in [-0.2, 0) is 16.6 Å². The maximum atomic E-state index is 12.7. The number of ether oxygens (including phenoxy) is 1. The number of hydrogen-bond acceptors (Lipinski definition) is 7. The number of methoxy groups -OCH3 is 1. The van der Waals surface area contributed by atoms with Crippen LogP contribution in [0.2, 0.25) is 0 Å². The molecule has 0 radical (unpaired) electrons. The summed E-state index contributed by atoms with van der Waals surface area (Å²) < 4.78 is 37.2. The molecule has 3 rings (SSSR count). The number of carbonyl (C=O) groups is 2. The minimum atomic E-state index is -3.84. The smallest absolute Gasteiger partial charge is 0.284 e. The van der Waals surface area contributed by atoms with E-state index in [0.29, 0.717) is 30.9 Å². The number of furan rings is 1. The molecule has 1 aliphatic heterocycles. The van der Waals surface area contributed by atoms with Crippen LogP contribution >= 0.6 is 0 Å². The molecule has 1 aliphatic rings. The predicted octanol–water partition coefficient (Wildman–Crippen LogP) is 1.10. The zero-order chi connectivity index (χ0) is 21.2. The lowest BCUT2D eigenvalue weighted by atomic mass is 10.1. The number of primary amides is 1. The van der Waals surface area contributed by atoms with E-state index in [0.717, 1.165) is 5.56 Å². The van der Waals surface area contributed by atoms with Gasteiger partial charge >= 0.3 is 0 Å². The van der Waals surface area contributed by atoms with Crippen LogP contribution in [-0.4, -0.2) is 62.6 Å². The fourth-order valence-corrected chi connectivity index (χ4v) is 4.54. The van der Waals surface area contributed by atoms with Gasteiger partial charge in [-0.25, -0.2) is 8.42 Å². The summed E-state index contributed by atoms with van der Waals surface area (Å²) in [5.74, 6) is -0.365. The van der Waals surface area contributed by atoms with Crippen molar-refractivity contribution < 1.29 is 27.2 Å². The number of carbonyl (C=O) groups excluding carboxylic acids is 2. The zero-order valence-corrected chi connectivity index (χ0v) is 17.1. The summed E-state index contributed by atoms with van der Waals surface area (Å²) >= 11 is 0. The quantitative estimate of drug-likeness (QED) is 0.664. The summed E-state index contributed by atoms with van der Waals surface area (Å²) in [6.07, 6.45) is 0. The van der Waals surface area contributed by atoms with Gasteiger partial charge in [0, 0.05) is 43.9 Å². The summed E-state index contributed by atoms with van der Waals surface area (Å²) in [5.41, 5.74) is 6.59. The normalized spacial score (nSPS) is 15.9. The van der Waals surface area contributed by atoms with Crippen LogP contribution in [0.4, 0.5) is 0 Å². The molecule has 2 N–H and O–H groups in total. The minimum absolute atomic E-state index is 0.0291. The van der Waals surface area contributed by atoms with E-state index in [1.54, 1.807) is 25.3 Å². The Labute approximate surface area is 169 Å². The van der Waals surface area contributed by atoms with E-state index in [4.69, 9.17) is 14.9 Å². The third-order valence-corrected chi connectivity index (χ3v) is 6.60. The minimum Gasteiger partial charge on any atom is -0.496 e. The highest BCUT2D eigenvalue weighted by Gasteiger charge is 2.31. The first kappa shape index (κ1) is 21.0.